The first kappa shape index (κ1) is 14.3. The molecule has 0 aliphatic rings. The van der Waals surface area contributed by atoms with E-state index in [2.05, 4.69) is 0 Å². The molecule has 0 aliphatic carbocycles. The van der Waals surface area contributed by atoms with Crippen LogP contribution in [0.5, 0.6) is 11.5 Å². The number of para-hydroxylation sites is 2. The van der Waals surface area contributed by atoms with Gasteiger partial charge in [0.25, 0.3) is 0 Å². The van der Waals surface area contributed by atoms with Crippen molar-refractivity contribution in [1.82, 2.24) is 0 Å². The molecule has 2 aromatic rings. The van der Waals surface area contributed by atoms with Crippen LogP contribution < -0.4 is 15.2 Å². The molecule has 20 heavy (non-hydrogen) atoms. The normalized spacial score (nSPS) is 11.9. The number of hydrogen-bond acceptors (Lipinski definition) is 3. The van der Waals surface area contributed by atoms with Gasteiger partial charge in [0.2, 0.25) is 0 Å². The molecule has 4 heteroatoms. The van der Waals surface area contributed by atoms with Gasteiger partial charge in [-0.05, 0) is 25.1 Å². The van der Waals surface area contributed by atoms with Crippen LogP contribution in [-0.4, -0.2) is 13.2 Å². The predicted octanol–water partition coefficient (Wildman–Crippen LogP) is 3.30. The predicted molar refractivity (Wildman–Crippen MR) is 76.4 cm³/mol. The van der Waals surface area contributed by atoms with Crippen molar-refractivity contribution in [1.29, 1.82) is 0 Å². The third kappa shape index (κ3) is 3.48. The number of halogens is 1. The van der Waals surface area contributed by atoms with Crippen LogP contribution in [0.1, 0.15) is 18.5 Å². The van der Waals surface area contributed by atoms with E-state index in [4.69, 9.17) is 15.2 Å². The Bertz CT molecular complexity index is 560. The van der Waals surface area contributed by atoms with Crippen LogP contribution in [0.4, 0.5) is 4.39 Å². The van der Waals surface area contributed by atoms with Crippen molar-refractivity contribution in [2.75, 3.05) is 13.2 Å². The van der Waals surface area contributed by atoms with E-state index in [1.807, 2.05) is 25.1 Å². The van der Waals surface area contributed by atoms with Crippen LogP contribution in [0.2, 0.25) is 0 Å². The summed E-state index contributed by atoms with van der Waals surface area (Å²) in [5.74, 6) is 0.957. The molecule has 1 unspecified atom stereocenters. The van der Waals surface area contributed by atoms with Gasteiger partial charge in [-0.25, -0.2) is 4.39 Å². The second-order valence-electron chi connectivity index (χ2n) is 4.32. The maximum absolute atomic E-state index is 13.6. The average Bonchev–Trinajstić information content (AvgIpc) is 2.47. The Hall–Kier alpha value is -2.07. The monoisotopic (exact) mass is 275 g/mol. The number of nitrogens with two attached hydrogens (primary N) is 1. The first-order chi connectivity index (χ1) is 9.72. The number of benzene rings is 2. The zero-order chi connectivity index (χ0) is 14.4. The van der Waals surface area contributed by atoms with Gasteiger partial charge in [0, 0.05) is 5.56 Å². The molecule has 0 saturated heterocycles. The van der Waals surface area contributed by atoms with Gasteiger partial charge in [-0.1, -0.05) is 30.3 Å². The van der Waals surface area contributed by atoms with Crippen molar-refractivity contribution in [2.45, 2.75) is 13.0 Å². The van der Waals surface area contributed by atoms with E-state index >= 15 is 0 Å². The molecule has 1 atom stereocenters. The van der Waals surface area contributed by atoms with Crippen LogP contribution in [0.3, 0.4) is 0 Å². The van der Waals surface area contributed by atoms with Gasteiger partial charge in [0.05, 0.1) is 12.6 Å². The topological polar surface area (TPSA) is 44.5 Å². The maximum atomic E-state index is 13.6. The SMILES string of the molecule is CCOc1ccccc1OCC(N)c1ccccc1F. The average molecular weight is 275 g/mol. The highest BCUT2D eigenvalue weighted by atomic mass is 19.1. The molecule has 2 N–H and O–H groups in total. The van der Waals surface area contributed by atoms with Crippen molar-refractivity contribution in [2.24, 2.45) is 5.73 Å². The Balaban J connectivity index is 2.04. The Morgan fingerprint density at radius 3 is 2.25 bits per heavy atom. The van der Waals surface area contributed by atoms with Crippen molar-refractivity contribution < 1.29 is 13.9 Å². The van der Waals surface area contributed by atoms with Crippen LogP contribution in [0, 0.1) is 5.82 Å². The van der Waals surface area contributed by atoms with Crippen molar-refractivity contribution in [3.63, 3.8) is 0 Å². The maximum Gasteiger partial charge on any atom is 0.161 e. The zero-order valence-corrected chi connectivity index (χ0v) is 11.4. The molecule has 0 spiro atoms. The van der Waals surface area contributed by atoms with Gasteiger partial charge in [0.15, 0.2) is 11.5 Å². The largest absolute Gasteiger partial charge is 0.490 e. The highest BCUT2D eigenvalue weighted by Gasteiger charge is 2.12. The van der Waals surface area contributed by atoms with Crippen molar-refractivity contribution in [3.05, 3.63) is 59.9 Å². The van der Waals surface area contributed by atoms with E-state index in [0.717, 1.165) is 0 Å². The Morgan fingerprint density at radius 2 is 1.60 bits per heavy atom. The zero-order valence-electron chi connectivity index (χ0n) is 11.4. The third-order valence-electron chi connectivity index (χ3n) is 2.87. The summed E-state index contributed by atoms with van der Waals surface area (Å²) in [6.07, 6.45) is 0. The van der Waals surface area contributed by atoms with Gasteiger partial charge in [-0.3, -0.25) is 0 Å². The van der Waals surface area contributed by atoms with Crippen molar-refractivity contribution >= 4 is 0 Å². The lowest BCUT2D eigenvalue weighted by molar-refractivity contribution is 0.260. The van der Waals surface area contributed by atoms with E-state index in [1.165, 1.54) is 6.07 Å². The molecule has 0 bridgehead atoms. The van der Waals surface area contributed by atoms with E-state index in [9.17, 15) is 4.39 Å². The van der Waals surface area contributed by atoms with Crippen molar-refractivity contribution in [3.8, 4) is 11.5 Å². The van der Waals surface area contributed by atoms with Crippen LogP contribution in [-0.2, 0) is 0 Å². The molecule has 0 radical (unpaired) electrons. The quantitative estimate of drug-likeness (QED) is 0.879. The molecule has 0 saturated carbocycles. The molecule has 2 rings (SSSR count). The molecular formula is C16H18FNO2. The van der Waals surface area contributed by atoms with Gasteiger partial charge < -0.3 is 15.2 Å². The minimum atomic E-state index is -0.522. The van der Waals surface area contributed by atoms with Gasteiger partial charge >= 0.3 is 0 Å². The third-order valence-corrected chi connectivity index (χ3v) is 2.87. The number of hydrogen-bond donors (Lipinski definition) is 1. The van der Waals surface area contributed by atoms with Crippen LogP contribution >= 0.6 is 0 Å². The fourth-order valence-electron chi connectivity index (χ4n) is 1.89. The molecular weight excluding hydrogens is 257 g/mol. The van der Waals surface area contributed by atoms with E-state index < -0.39 is 6.04 Å². The molecule has 0 amide bonds. The lowest BCUT2D eigenvalue weighted by atomic mass is 10.1. The summed E-state index contributed by atoms with van der Waals surface area (Å²) in [6, 6.07) is 13.3. The molecule has 3 nitrogen and oxygen atoms in total. The number of rotatable bonds is 6. The fraction of sp³-hybridized carbons (Fsp3) is 0.250. The van der Waals surface area contributed by atoms with Gasteiger partial charge in [-0.2, -0.15) is 0 Å². The second-order valence-corrected chi connectivity index (χ2v) is 4.32. The van der Waals surface area contributed by atoms with E-state index in [1.54, 1.807) is 24.3 Å². The summed E-state index contributed by atoms with van der Waals surface area (Å²) >= 11 is 0. The summed E-state index contributed by atoms with van der Waals surface area (Å²) in [4.78, 5) is 0. The van der Waals surface area contributed by atoms with Gasteiger partial charge in [-0.15, -0.1) is 0 Å². The Labute approximate surface area is 118 Å². The Morgan fingerprint density at radius 1 is 1.00 bits per heavy atom. The summed E-state index contributed by atoms with van der Waals surface area (Å²) in [5.41, 5.74) is 6.41. The molecule has 106 valence electrons. The van der Waals surface area contributed by atoms with Gasteiger partial charge in [0.1, 0.15) is 12.4 Å². The molecule has 2 aromatic carbocycles. The fourth-order valence-corrected chi connectivity index (χ4v) is 1.89. The minimum Gasteiger partial charge on any atom is -0.490 e. The van der Waals surface area contributed by atoms with Crippen LogP contribution in [0.25, 0.3) is 0 Å². The first-order valence-electron chi connectivity index (χ1n) is 6.57. The second kappa shape index (κ2) is 6.91. The molecule has 0 aliphatic heterocycles. The smallest absolute Gasteiger partial charge is 0.161 e. The van der Waals surface area contributed by atoms with E-state index in [-0.39, 0.29) is 12.4 Å². The highest BCUT2D eigenvalue weighted by Crippen LogP contribution is 2.27. The summed E-state index contributed by atoms with van der Waals surface area (Å²) in [6.45, 7) is 2.65. The molecule has 0 heterocycles. The summed E-state index contributed by atoms with van der Waals surface area (Å²) in [5, 5.41) is 0. The summed E-state index contributed by atoms with van der Waals surface area (Å²) < 4.78 is 24.7. The lowest BCUT2D eigenvalue weighted by Gasteiger charge is -2.16. The standard InChI is InChI=1S/C16H18FNO2/c1-2-19-15-9-5-6-10-16(15)20-11-14(18)12-7-3-4-8-13(12)17/h3-10,14H,2,11,18H2,1H3. The minimum absolute atomic E-state index is 0.186. The van der Waals surface area contributed by atoms with Crippen LogP contribution in [0.15, 0.2) is 48.5 Å². The summed E-state index contributed by atoms with van der Waals surface area (Å²) in [7, 11) is 0. The number of ether oxygens (including phenoxy) is 2. The molecule has 0 fully saturated rings. The highest BCUT2D eigenvalue weighted by molar-refractivity contribution is 5.39. The van der Waals surface area contributed by atoms with E-state index in [0.29, 0.717) is 23.7 Å². The molecule has 0 aromatic heterocycles. The Kier molecular flexibility index (Phi) is 4.96. The first-order valence-corrected chi connectivity index (χ1v) is 6.57. The lowest BCUT2D eigenvalue weighted by Crippen LogP contribution is -2.20.